The summed E-state index contributed by atoms with van der Waals surface area (Å²) in [5.41, 5.74) is 1.09. The quantitative estimate of drug-likeness (QED) is 0.878. The minimum Gasteiger partial charge on any atom is -0.337 e. The van der Waals surface area contributed by atoms with Crippen LogP contribution in [0.25, 0.3) is 5.82 Å². The Morgan fingerprint density at radius 1 is 1.30 bits per heavy atom. The molecule has 0 radical (unpaired) electrons. The Morgan fingerprint density at radius 2 is 2.11 bits per heavy atom. The molecule has 27 heavy (non-hydrogen) atoms. The molecule has 7 heteroatoms. The van der Waals surface area contributed by atoms with Gasteiger partial charge in [-0.05, 0) is 36.8 Å². The Bertz CT molecular complexity index is 797. The zero-order valence-corrected chi connectivity index (χ0v) is 16.2. The molecule has 0 saturated carbocycles. The summed E-state index contributed by atoms with van der Waals surface area (Å²) in [7, 11) is 0. The van der Waals surface area contributed by atoms with Crippen LogP contribution in [0.5, 0.6) is 0 Å². The number of hydrogen-bond acceptors (Lipinski definition) is 4. The highest BCUT2D eigenvalue weighted by Crippen LogP contribution is 2.18. The second-order valence-corrected chi connectivity index (χ2v) is 7.72. The summed E-state index contributed by atoms with van der Waals surface area (Å²) in [6.07, 6.45) is 7.60. The molecule has 1 aliphatic rings. The van der Waals surface area contributed by atoms with Crippen LogP contribution in [0.1, 0.15) is 50.5 Å². The highest BCUT2D eigenvalue weighted by molar-refractivity contribution is 5.92. The lowest BCUT2D eigenvalue weighted by Crippen LogP contribution is -2.39. The number of carbonyl (C=O) groups is 2. The number of pyridine rings is 1. The Labute approximate surface area is 159 Å². The molecular weight excluding hydrogens is 342 g/mol. The molecule has 1 atom stereocenters. The standard InChI is InChI=1S/C20H27N5O2/c1-14(2)9-19(26)23-16-6-7-18(21-10-16)25-12-17(22-13-25)20(27)24-8-4-5-15(3)11-24/h6-7,10,12-15H,4-5,8-9,11H2,1-3H3,(H,23,26)/t15-/m1/s1. The van der Waals surface area contributed by atoms with Crippen LogP contribution in [0, 0.1) is 11.8 Å². The van der Waals surface area contributed by atoms with Crippen LogP contribution in [0.2, 0.25) is 0 Å². The van der Waals surface area contributed by atoms with Gasteiger partial charge in [-0.25, -0.2) is 9.97 Å². The van der Waals surface area contributed by atoms with E-state index in [1.165, 1.54) is 6.42 Å². The van der Waals surface area contributed by atoms with E-state index in [2.05, 4.69) is 22.2 Å². The third-order valence-corrected chi connectivity index (χ3v) is 4.64. The second-order valence-electron chi connectivity index (χ2n) is 7.72. The molecule has 2 aromatic heterocycles. The monoisotopic (exact) mass is 369 g/mol. The van der Waals surface area contributed by atoms with Crippen LogP contribution in [0.15, 0.2) is 30.9 Å². The zero-order chi connectivity index (χ0) is 19.4. The molecule has 144 valence electrons. The minimum atomic E-state index is -0.0298. The van der Waals surface area contributed by atoms with Gasteiger partial charge in [0.1, 0.15) is 17.8 Å². The molecule has 0 bridgehead atoms. The van der Waals surface area contributed by atoms with Gasteiger partial charge in [-0.1, -0.05) is 20.8 Å². The summed E-state index contributed by atoms with van der Waals surface area (Å²) in [4.78, 5) is 35.0. The van der Waals surface area contributed by atoms with Crippen LogP contribution in [-0.4, -0.2) is 44.3 Å². The molecule has 0 spiro atoms. The van der Waals surface area contributed by atoms with E-state index in [9.17, 15) is 9.59 Å². The Balaban J connectivity index is 1.65. The number of carbonyl (C=O) groups excluding carboxylic acids is 2. The number of rotatable bonds is 5. The summed E-state index contributed by atoms with van der Waals surface area (Å²) in [6.45, 7) is 7.75. The molecule has 1 aliphatic heterocycles. The van der Waals surface area contributed by atoms with E-state index < -0.39 is 0 Å². The van der Waals surface area contributed by atoms with Gasteiger partial charge in [-0.3, -0.25) is 14.2 Å². The summed E-state index contributed by atoms with van der Waals surface area (Å²) < 4.78 is 1.72. The summed E-state index contributed by atoms with van der Waals surface area (Å²) >= 11 is 0. The third-order valence-electron chi connectivity index (χ3n) is 4.64. The molecule has 1 fully saturated rings. The van der Waals surface area contributed by atoms with Gasteiger partial charge < -0.3 is 10.2 Å². The average Bonchev–Trinajstić information content (AvgIpc) is 3.11. The predicted octanol–water partition coefficient (Wildman–Crippen LogP) is 3.12. The van der Waals surface area contributed by atoms with Crippen LogP contribution in [0.3, 0.4) is 0 Å². The van der Waals surface area contributed by atoms with Gasteiger partial charge >= 0.3 is 0 Å². The Kier molecular flexibility index (Phi) is 5.88. The van der Waals surface area contributed by atoms with Gasteiger partial charge in [-0.2, -0.15) is 0 Å². The van der Waals surface area contributed by atoms with Crippen molar-refractivity contribution < 1.29 is 9.59 Å². The number of piperidine rings is 1. The van der Waals surface area contributed by atoms with Crippen molar-refractivity contribution in [3.05, 3.63) is 36.5 Å². The summed E-state index contributed by atoms with van der Waals surface area (Å²) in [5, 5.41) is 2.84. The molecule has 2 aromatic rings. The number of anilines is 1. The topological polar surface area (TPSA) is 80.1 Å². The first-order valence-corrected chi connectivity index (χ1v) is 9.52. The highest BCUT2D eigenvalue weighted by Gasteiger charge is 2.23. The van der Waals surface area contributed by atoms with Crippen molar-refractivity contribution in [1.29, 1.82) is 0 Å². The fraction of sp³-hybridized carbons (Fsp3) is 0.500. The smallest absolute Gasteiger partial charge is 0.274 e. The van der Waals surface area contributed by atoms with E-state index in [-0.39, 0.29) is 11.8 Å². The number of likely N-dealkylation sites (tertiary alicyclic amines) is 1. The first-order valence-electron chi connectivity index (χ1n) is 9.52. The van der Waals surface area contributed by atoms with E-state index in [1.54, 1.807) is 35.4 Å². The molecule has 3 heterocycles. The lowest BCUT2D eigenvalue weighted by Gasteiger charge is -2.30. The second kappa shape index (κ2) is 8.33. The number of imidazole rings is 1. The molecular formula is C20H27N5O2. The third kappa shape index (κ3) is 4.93. The SMILES string of the molecule is CC(C)CC(=O)Nc1ccc(-n2cnc(C(=O)N3CCC[C@@H](C)C3)c2)nc1. The molecule has 1 saturated heterocycles. The van der Waals surface area contributed by atoms with E-state index in [0.29, 0.717) is 35.5 Å². The fourth-order valence-electron chi connectivity index (χ4n) is 3.29. The fourth-order valence-corrected chi connectivity index (χ4v) is 3.29. The van der Waals surface area contributed by atoms with Crippen LogP contribution < -0.4 is 5.32 Å². The molecule has 7 nitrogen and oxygen atoms in total. The van der Waals surface area contributed by atoms with Crippen molar-refractivity contribution >= 4 is 17.5 Å². The van der Waals surface area contributed by atoms with Gasteiger partial charge in [-0.15, -0.1) is 0 Å². The van der Waals surface area contributed by atoms with E-state index in [1.807, 2.05) is 18.7 Å². The van der Waals surface area contributed by atoms with E-state index in [4.69, 9.17) is 0 Å². The molecule has 3 rings (SSSR count). The van der Waals surface area contributed by atoms with E-state index in [0.717, 1.165) is 19.5 Å². The van der Waals surface area contributed by atoms with Crippen molar-refractivity contribution in [3.8, 4) is 5.82 Å². The van der Waals surface area contributed by atoms with Crippen molar-refractivity contribution in [1.82, 2.24) is 19.4 Å². The van der Waals surface area contributed by atoms with Crippen molar-refractivity contribution in [2.24, 2.45) is 11.8 Å². The summed E-state index contributed by atoms with van der Waals surface area (Å²) in [6, 6.07) is 3.60. The number of aromatic nitrogens is 3. The molecule has 1 N–H and O–H groups in total. The molecule has 0 aliphatic carbocycles. The van der Waals surface area contributed by atoms with Crippen LogP contribution in [0.4, 0.5) is 5.69 Å². The lowest BCUT2D eigenvalue weighted by atomic mass is 10.0. The maximum atomic E-state index is 12.6. The maximum Gasteiger partial charge on any atom is 0.274 e. The van der Waals surface area contributed by atoms with Gasteiger partial charge in [0.25, 0.3) is 5.91 Å². The zero-order valence-electron chi connectivity index (χ0n) is 16.2. The van der Waals surface area contributed by atoms with Crippen LogP contribution in [-0.2, 0) is 4.79 Å². The van der Waals surface area contributed by atoms with Crippen molar-refractivity contribution in [2.45, 2.75) is 40.0 Å². The normalized spacial score (nSPS) is 17.2. The van der Waals surface area contributed by atoms with Crippen molar-refractivity contribution in [3.63, 3.8) is 0 Å². The number of nitrogens with zero attached hydrogens (tertiary/aromatic N) is 4. The predicted molar refractivity (Wildman–Crippen MR) is 104 cm³/mol. The van der Waals surface area contributed by atoms with Gasteiger partial charge in [0.2, 0.25) is 5.91 Å². The lowest BCUT2D eigenvalue weighted by molar-refractivity contribution is -0.116. The van der Waals surface area contributed by atoms with Gasteiger partial charge in [0, 0.05) is 25.7 Å². The molecule has 0 aromatic carbocycles. The largest absolute Gasteiger partial charge is 0.337 e. The Morgan fingerprint density at radius 3 is 2.78 bits per heavy atom. The first kappa shape index (κ1) is 19.1. The van der Waals surface area contributed by atoms with E-state index >= 15 is 0 Å². The van der Waals surface area contributed by atoms with Crippen molar-refractivity contribution in [2.75, 3.05) is 18.4 Å². The number of hydrogen-bond donors (Lipinski definition) is 1. The summed E-state index contributed by atoms with van der Waals surface area (Å²) in [5.74, 6) is 1.44. The van der Waals surface area contributed by atoms with Gasteiger partial charge in [0.15, 0.2) is 0 Å². The van der Waals surface area contributed by atoms with Crippen LogP contribution >= 0.6 is 0 Å². The molecule has 0 unspecified atom stereocenters. The van der Waals surface area contributed by atoms with Gasteiger partial charge in [0.05, 0.1) is 11.9 Å². The number of amides is 2. The number of nitrogens with one attached hydrogen (secondary N) is 1. The highest BCUT2D eigenvalue weighted by atomic mass is 16.2. The minimum absolute atomic E-state index is 0.0224. The average molecular weight is 369 g/mol. The Hall–Kier alpha value is -2.70. The first-order chi connectivity index (χ1) is 12.9. The maximum absolute atomic E-state index is 12.6. The molecule has 2 amide bonds.